The Hall–Kier alpha value is -1.06. The maximum Gasteiger partial charge on any atom is 0.0950 e. The first-order valence-corrected chi connectivity index (χ1v) is 5.22. The summed E-state index contributed by atoms with van der Waals surface area (Å²) in [7, 11) is 0. The molecule has 3 heteroatoms. The molecule has 1 aliphatic rings. The van der Waals surface area contributed by atoms with Crippen molar-refractivity contribution in [1.29, 1.82) is 0 Å². The Labute approximate surface area is 80.6 Å². The second-order valence-corrected chi connectivity index (χ2v) is 4.24. The molecule has 0 saturated heterocycles. The number of rotatable bonds is 0. The molecule has 1 aromatic heterocycles. The third kappa shape index (κ3) is 1.04. The normalized spacial score (nSPS) is 15.4. The van der Waals surface area contributed by atoms with E-state index >= 15 is 0 Å². The van der Waals surface area contributed by atoms with Crippen molar-refractivity contribution in [2.75, 3.05) is 12.0 Å². The van der Waals surface area contributed by atoms with Gasteiger partial charge >= 0.3 is 0 Å². The van der Waals surface area contributed by atoms with E-state index in [1.807, 2.05) is 11.3 Å². The molecule has 3 rings (SSSR count). The van der Waals surface area contributed by atoms with Gasteiger partial charge in [-0.1, -0.05) is 18.2 Å². The Balaban J connectivity index is 2.34. The van der Waals surface area contributed by atoms with Crippen LogP contribution in [0.25, 0.3) is 10.1 Å². The molecule has 2 N–H and O–H groups in total. The minimum absolute atomic E-state index is 0.889. The number of fused-ring (bicyclic) bond motifs is 3. The predicted octanol–water partition coefficient (Wildman–Crippen LogP) is 2.37. The second kappa shape index (κ2) is 2.72. The number of hydrogen-bond donors (Lipinski definition) is 2. The molecule has 0 fully saturated rings. The molecule has 2 heterocycles. The standard InChI is InChI=1S/C10H10N2S/c1-2-4-9-7(3-1)8-5-11-6-12-10(8)13-9/h1-4,11-12H,5-6H2. The van der Waals surface area contributed by atoms with Crippen LogP contribution in [0.5, 0.6) is 0 Å². The lowest BCUT2D eigenvalue weighted by Crippen LogP contribution is -2.26. The van der Waals surface area contributed by atoms with E-state index in [1.165, 1.54) is 20.7 Å². The fourth-order valence-electron chi connectivity index (χ4n) is 1.75. The van der Waals surface area contributed by atoms with Crippen LogP contribution >= 0.6 is 11.3 Å². The molecular formula is C10H10N2S. The molecular weight excluding hydrogens is 180 g/mol. The van der Waals surface area contributed by atoms with Gasteiger partial charge in [0.25, 0.3) is 0 Å². The Bertz CT molecular complexity index is 447. The van der Waals surface area contributed by atoms with E-state index in [-0.39, 0.29) is 0 Å². The average Bonchev–Trinajstić information content (AvgIpc) is 2.56. The van der Waals surface area contributed by atoms with Crippen molar-refractivity contribution in [3.63, 3.8) is 0 Å². The van der Waals surface area contributed by atoms with Crippen LogP contribution in [0.15, 0.2) is 24.3 Å². The van der Waals surface area contributed by atoms with E-state index in [9.17, 15) is 0 Å². The summed E-state index contributed by atoms with van der Waals surface area (Å²) in [6, 6.07) is 8.57. The number of hydrogen-bond acceptors (Lipinski definition) is 3. The molecule has 13 heavy (non-hydrogen) atoms. The van der Waals surface area contributed by atoms with E-state index < -0.39 is 0 Å². The predicted molar refractivity (Wildman–Crippen MR) is 57.2 cm³/mol. The van der Waals surface area contributed by atoms with Crippen molar-refractivity contribution >= 4 is 26.4 Å². The fraction of sp³-hybridized carbons (Fsp3) is 0.200. The van der Waals surface area contributed by atoms with Gasteiger partial charge in [0, 0.05) is 16.8 Å². The maximum absolute atomic E-state index is 3.36. The molecule has 66 valence electrons. The van der Waals surface area contributed by atoms with Gasteiger partial charge in [-0.15, -0.1) is 11.3 Å². The molecule has 0 unspecified atom stereocenters. The van der Waals surface area contributed by atoms with E-state index in [2.05, 4.69) is 34.9 Å². The Morgan fingerprint density at radius 1 is 1.23 bits per heavy atom. The van der Waals surface area contributed by atoms with Gasteiger partial charge in [-0.3, -0.25) is 5.32 Å². The van der Waals surface area contributed by atoms with Gasteiger partial charge in [0.1, 0.15) is 0 Å². The lowest BCUT2D eigenvalue weighted by atomic mass is 10.1. The Morgan fingerprint density at radius 2 is 2.15 bits per heavy atom. The van der Waals surface area contributed by atoms with Crippen LogP contribution in [0.1, 0.15) is 5.56 Å². The Morgan fingerprint density at radius 3 is 3.15 bits per heavy atom. The molecule has 0 aliphatic carbocycles. The first kappa shape index (κ1) is 7.35. The third-order valence-corrected chi connectivity index (χ3v) is 3.54. The summed E-state index contributed by atoms with van der Waals surface area (Å²) in [5.74, 6) is 0. The molecule has 1 aromatic carbocycles. The van der Waals surface area contributed by atoms with Crippen molar-refractivity contribution in [3.05, 3.63) is 29.8 Å². The van der Waals surface area contributed by atoms with Gasteiger partial charge in [0.05, 0.1) is 11.7 Å². The zero-order valence-corrected chi connectivity index (χ0v) is 7.95. The first-order valence-electron chi connectivity index (χ1n) is 4.40. The number of anilines is 1. The summed E-state index contributed by atoms with van der Waals surface area (Å²) >= 11 is 1.85. The van der Waals surface area contributed by atoms with E-state index in [1.54, 1.807) is 0 Å². The molecule has 1 aliphatic heterocycles. The van der Waals surface area contributed by atoms with Gasteiger partial charge in [-0.2, -0.15) is 0 Å². The molecule has 2 nitrogen and oxygen atoms in total. The smallest absolute Gasteiger partial charge is 0.0950 e. The van der Waals surface area contributed by atoms with Crippen molar-refractivity contribution in [2.45, 2.75) is 6.54 Å². The van der Waals surface area contributed by atoms with Crippen LogP contribution in [-0.4, -0.2) is 6.67 Å². The highest BCUT2D eigenvalue weighted by molar-refractivity contribution is 7.23. The molecule has 0 saturated carbocycles. The summed E-state index contributed by atoms with van der Waals surface area (Å²) in [4.78, 5) is 0. The molecule has 0 amide bonds. The lowest BCUT2D eigenvalue weighted by molar-refractivity contribution is 0.718. The summed E-state index contributed by atoms with van der Waals surface area (Å²) in [5.41, 5.74) is 1.42. The van der Waals surface area contributed by atoms with Gasteiger partial charge in [-0.05, 0) is 11.5 Å². The maximum atomic E-state index is 3.36. The van der Waals surface area contributed by atoms with Crippen LogP contribution < -0.4 is 10.6 Å². The number of thiophene rings is 1. The fourth-order valence-corrected chi connectivity index (χ4v) is 2.86. The van der Waals surface area contributed by atoms with Crippen molar-refractivity contribution in [2.24, 2.45) is 0 Å². The van der Waals surface area contributed by atoms with Crippen LogP contribution in [0.3, 0.4) is 0 Å². The molecule has 2 aromatic rings. The summed E-state index contributed by atoms with van der Waals surface area (Å²) in [5, 5.41) is 9.40. The highest BCUT2D eigenvalue weighted by Gasteiger charge is 2.13. The summed E-state index contributed by atoms with van der Waals surface area (Å²) in [6.07, 6.45) is 0. The molecule has 0 bridgehead atoms. The minimum Gasteiger partial charge on any atom is -0.364 e. The van der Waals surface area contributed by atoms with Crippen molar-refractivity contribution in [3.8, 4) is 0 Å². The van der Waals surface area contributed by atoms with Crippen molar-refractivity contribution in [1.82, 2.24) is 5.32 Å². The number of nitrogens with one attached hydrogen (secondary N) is 2. The van der Waals surface area contributed by atoms with Crippen LogP contribution in [0, 0.1) is 0 Å². The summed E-state index contributed by atoms with van der Waals surface area (Å²) < 4.78 is 1.38. The van der Waals surface area contributed by atoms with Crippen LogP contribution in [0.4, 0.5) is 5.00 Å². The topological polar surface area (TPSA) is 24.1 Å². The van der Waals surface area contributed by atoms with Gasteiger partial charge < -0.3 is 5.32 Å². The first-order chi connectivity index (χ1) is 6.45. The number of benzene rings is 1. The van der Waals surface area contributed by atoms with Crippen LogP contribution in [0.2, 0.25) is 0 Å². The van der Waals surface area contributed by atoms with Gasteiger partial charge in [-0.25, -0.2) is 0 Å². The largest absolute Gasteiger partial charge is 0.364 e. The van der Waals surface area contributed by atoms with E-state index in [0.717, 1.165) is 13.2 Å². The quantitative estimate of drug-likeness (QED) is 0.666. The zero-order valence-electron chi connectivity index (χ0n) is 7.13. The zero-order chi connectivity index (χ0) is 8.67. The SMILES string of the molecule is c1ccc2c3c(sc2c1)NCNC3. The van der Waals surface area contributed by atoms with Gasteiger partial charge in [0.15, 0.2) is 0 Å². The highest BCUT2D eigenvalue weighted by Crippen LogP contribution is 2.36. The minimum atomic E-state index is 0.889. The van der Waals surface area contributed by atoms with Crippen molar-refractivity contribution < 1.29 is 0 Å². The monoisotopic (exact) mass is 190 g/mol. The third-order valence-electron chi connectivity index (χ3n) is 2.37. The van der Waals surface area contributed by atoms with E-state index in [0.29, 0.717) is 0 Å². The van der Waals surface area contributed by atoms with Gasteiger partial charge in [0.2, 0.25) is 0 Å². The Kier molecular flexibility index (Phi) is 1.54. The molecule has 0 spiro atoms. The second-order valence-electron chi connectivity index (χ2n) is 3.19. The van der Waals surface area contributed by atoms with E-state index in [4.69, 9.17) is 0 Å². The molecule has 0 radical (unpaired) electrons. The van der Waals surface area contributed by atoms with Crippen LogP contribution in [-0.2, 0) is 6.54 Å². The highest BCUT2D eigenvalue weighted by atomic mass is 32.1. The lowest BCUT2D eigenvalue weighted by Gasteiger charge is -2.14. The summed E-state index contributed by atoms with van der Waals surface area (Å²) in [6.45, 7) is 1.88. The average molecular weight is 190 g/mol. The molecule has 0 atom stereocenters.